The Hall–Kier alpha value is -1.31. The van der Waals surface area contributed by atoms with E-state index in [1.165, 1.54) is 37.7 Å². The summed E-state index contributed by atoms with van der Waals surface area (Å²) in [5, 5.41) is 3.33. The summed E-state index contributed by atoms with van der Waals surface area (Å²) in [6.45, 7) is 3.27. The van der Waals surface area contributed by atoms with Crippen LogP contribution >= 0.6 is 24.0 Å². The van der Waals surface area contributed by atoms with Crippen molar-refractivity contribution >= 4 is 41.5 Å². The van der Waals surface area contributed by atoms with E-state index in [4.69, 9.17) is 0 Å². The van der Waals surface area contributed by atoms with E-state index in [1.807, 2.05) is 18.0 Å². The lowest BCUT2D eigenvalue weighted by atomic mass is 9.86. The number of rotatable bonds is 2. The first-order valence-electron chi connectivity index (χ1n) is 10.0. The van der Waals surface area contributed by atoms with Crippen molar-refractivity contribution in [1.29, 1.82) is 0 Å². The van der Waals surface area contributed by atoms with Crippen LogP contribution < -0.4 is 10.2 Å². The van der Waals surface area contributed by atoms with E-state index in [1.54, 1.807) is 0 Å². The van der Waals surface area contributed by atoms with Crippen molar-refractivity contribution in [3.05, 3.63) is 29.8 Å². The molecule has 2 fully saturated rings. The first-order valence-corrected chi connectivity index (χ1v) is 10.0. The molecule has 148 valence electrons. The summed E-state index contributed by atoms with van der Waals surface area (Å²) in [5.74, 6) is 1.01. The maximum Gasteiger partial charge on any atom is 0.246 e. The van der Waals surface area contributed by atoms with Crippen molar-refractivity contribution in [2.24, 2.45) is 10.4 Å². The molecule has 2 aliphatic heterocycles. The lowest BCUT2D eigenvalue weighted by Gasteiger charge is -2.30. The van der Waals surface area contributed by atoms with Crippen LogP contribution in [-0.4, -0.2) is 50.0 Å². The Morgan fingerprint density at radius 1 is 1.15 bits per heavy atom. The van der Waals surface area contributed by atoms with Gasteiger partial charge in [-0.2, -0.15) is 0 Å². The van der Waals surface area contributed by atoms with Gasteiger partial charge in [0.05, 0.1) is 6.54 Å². The largest absolute Gasteiger partial charge is 0.347 e. The summed E-state index contributed by atoms with van der Waals surface area (Å²) in [6.07, 6.45) is 8.80. The average molecular weight is 482 g/mol. The van der Waals surface area contributed by atoms with Crippen molar-refractivity contribution in [2.75, 3.05) is 38.1 Å². The molecule has 3 aliphatic rings. The first-order chi connectivity index (χ1) is 12.7. The number of hydrogen-bond donors (Lipinski definition) is 1. The van der Waals surface area contributed by atoms with Gasteiger partial charge in [0.25, 0.3) is 0 Å². The first kappa shape index (κ1) is 20.4. The number of guanidine groups is 1. The van der Waals surface area contributed by atoms with Gasteiger partial charge in [-0.3, -0.25) is 9.79 Å². The standard InChI is InChI=1S/C21H30N4O.HI/c1-22-20(24-14-12-21(16-24)10-4-5-11-21)23-15-19(26)25-13-6-8-17-7-2-3-9-18(17)25;/h2-3,7,9H,4-6,8,10-16H2,1H3,(H,22,23);1H. The molecule has 6 heteroatoms. The molecule has 1 N–H and O–H groups in total. The van der Waals surface area contributed by atoms with E-state index in [0.717, 1.165) is 44.1 Å². The number of amides is 1. The third-order valence-electron chi connectivity index (χ3n) is 6.42. The Kier molecular flexibility index (Phi) is 6.65. The third kappa shape index (κ3) is 4.25. The van der Waals surface area contributed by atoms with Crippen molar-refractivity contribution in [2.45, 2.75) is 44.9 Å². The number of carbonyl (C=O) groups is 1. The molecular formula is C21H31IN4O. The molecule has 0 atom stereocenters. The molecule has 1 amide bonds. The van der Waals surface area contributed by atoms with Crippen LogP contribution in [0.1, 0.15) is 44.1 Å². The number of hydrogen-bond acceptors (Lipinski definition) is 2. The van der Waals surface area contributed by atoms with Crippen molar-refractivity contribution in [3.63, 3.8) is 0 Å². The molecule has 0 unspecified atom stereocenters. The van der Waals surface area contributed by atoms with Gasteiger partial charge in [0.1, 0.15) is 0 Å². The molecule has 1 aliphatic carbocycles. The Labute approximate surface area is 179 Å². The number of nitrogens with zero attached hydrogens (tertiary/aromatic N) is 3. The molecule has 1 spiro atoms. The van der Waals surface area contributed by atoms with Gasteiger partial charge >= 0.3 is 0 Å². The maximum absolute atomic E-state index is 12.8. The molecule has 1 aromatic carbocycles. The van der Waals surface area contributed by atoms with Gasteiger partial charge in [-0.15, -0.1) is 24.0 Å². The van der Waals surface area contributed by atoms with Crippen LogP contribution in [0.3, 0.4) is 0 Å². The smallest absolute Gasteiger partial charge is 0.246 e. The monoisotopic (exact) mass is 482 g/mol. The summed E-state index contributed by atoms with van der Waals surface area (Å²) >= 11 is 0. The predicted octanol–water partition coefficient (Wildman–Crippen LogP) is 3.43. The minimum Gasteiger partial charge on any atom is -0.347 e. The molecule has 0 bridgehead atoms. The van der Waals surface area contributed by atoms with Gasteiger partial charge in [-0.25, -0.2) is 0 Å². The lowest BCUT2D eigenvalue weighted by molar-refractivity contribution is -0.117. The second kappa shape index (κ2) is 8.80. The van der Waals surface area contributed by atoms with Crippen LogP contribution in [0.4, 0.5) is 5.69 Å². The second-order valence-corrected chi connectivity index (χ2v) is 8.06. The highest BCUT2D eigenvalue weighted by Crippen LogP contribution is 2.45. The van der Waals surface area contributed by atoms with Gasteiger partial charge in [0, 0.05) is 32.4 Å². The number of anilines is 1. The van der Waals surface area contributed by atoms with Crippen LogP contribution in [-0.2, 0) is 11.2 Å². The summed E-state index contributed by atoms with van der Waals surface area (Å²) < 4.78 is 0. The summed E-state index contributed by atoms with van der Waals surface area (Å²) in [7, 11) is 1.82. The van der Waals surface area contributed by atoms with Gasteiger partial charge in [0.15, 0.2) is 5.96 Å². The summed E-state index contributed by atoms with van der Waals surface area (Å²) in [5.41, 5.74) is 2.86. The van der Waals surface area contributed by atoms with Gasteiger partial charge in [0.2, 0.25) is 5.91 Å². The zero-order chi connectivity index (χ0) is 18.0. The number of likely N-dealkylation sites (tertiary alicyclic amines) is 1. The molecule has 0 aromatic heterocycles. The SMILES string of the molecule is CN=C(NCC(=O)N1CCCc2ccccc21)N1CCC2(CCCC2)C1.I. The van der Waals surface area contributed by atoms with Crippen LogP contribution in [0.25, 0.3) is 0 Å². The molecule has 0 radical (unpaired) electrons. The second-order valence-electron chi connectivity index (χ2n) is 8.06. The lowest BCUT2D eigenvalue weighted by Crippen LogP contribution is -2.47. The number of halogens is 1. The Bertz CT molecular complexity index is 699. The molecule has 5 nitrogen and oxygen atoms in total. The maximum atomic E-state index is 12.8. The number of aliphatic imine (C=N–C) groups is 1. The fourth-order valence-electron chi connectivity index (χ4n) is 5.02. The van der Waals surface area contributed by atoms with Gasteiger partial charge in [-0.1, -0.05) is 31.0 Å². The summed E-state index contributed by atoms with van der Waals surface area (Å²) in [4.78, 5) is 21.6. The molecule has 4 rings (SSSR count). The Morgan fingerprint density at radius 2 is 1.93 bits per heavy atom. The zero-order valence-electron chi connectivity index (χ0n) is 16.2. The van der Waals surface area contributed by atoms with Gasteiger partial charge < -0.3 is 15.1 Å². The van der Waals surface area contributed by atoms with E-state index in [9.17, 15) is 4.79 Å². The number of benzene rings is 1. The number of aryl methyl sites for hydroxylation is 1. The van der Waals surface area contributed by atoms with Crippen LogP contribution in [0.5, 0.6) is 0 Å². The van der Waals surface area contributed by atoms with Crippen molar-refractivity contribution < 1.29 is 4.79 Å². The fourth-order valence-corrected chi connectivity index (χ4v) is 5.02. The molecule has 1 aromatic rings. The van der Waals surface area contributed by atoms with Gasteiger partial charge in [-0.05, 0) is 49.1 Å². The van der Waals surface area contributed by atoms with E-state index in [-0.39, 0.29) is 29.9 Å². The van der Waals surface area contributed by atoms with Crippen molar-refractivity contribution in [1.82, 2.24) is 10.2 Å². The highest BCUT2D eigenvalue weighted by Gasteiger charge is 2.41. The normalized spacial score (nSPS) is 21.1. The average Bonchev–Trinajstić information content (AvgIpc) is 3.32. The highest BCUT2D eigenvalue weighted by molar-refractivity contribution is 14.0. The predicted molar refractivity (Wildman–Crippen MR) is 121 cm³/mol. The van der Waals surface area contributed by atoms with Crippen molar-refractivity contribution in [3.8, 4) is 0 Å². The minimum atomic E-state index is 0. The quantitative estimate of drug-likeness (QED) is 0.399. The highest BCUT2D eigenvalue weighted by atomic mass is 127. The van der Waals surface area contributed by atoms with E-state index in [2.05, 4.69) is 33.4 Å². The van der Waals surface area contributed by atoms with Crippen LogP contribution in [0.2, 0.25) is 0 Å². The molecule has 27 heavy (non-hydrogen) atoms. The fraction of sp³-hybridized carbons (Fsp3) is 0.619. The van der Waals surface area contributed by atoms with E-state index >= 15 is 0 Å². The third-order valence-corrected chi connectivity index (χ3v) is 6.42. The Balaban J connectivity index is 0.00000210. The zero-order valence-corrected chi connectivity index (χ0v) is 18.6. The van der Waals surface area contributed by atoms with Crippen LogP contribution in [0, 0.1) is 5.41 Å². The number of para-hydroxylation sites is 1. The number of nitrogens with one attached hydrogen (secondary N) is 1. The number of fused-ring (bicyclic) bond motifs is 1. The molecule has 1 saturated heterocycles. The Morgan fingerprint density at radius 3 is 2.70 bits per heavy atom. The van der Waals surface area contributed by atoms with E-state index < -0.39 is 0 Å². The summed E-state index contributed by atoms with van der Waals surface area (Å²) in [6, 6.07) is 8.26. The minimum absolute atomic E-state index is 0. The molecule has 2 heterocycles. The number of carbonyl (C=O) groups excluding carboxylic acids is 1. The van der Waals surface area contributed by atoms with E-state index in [0.29, 0.717) is 12.0 Å². The van der Waals surface area contributed by atoms with Crippen LogP contribution in [0.15, 0.2) is 29.3 Å². The molecule has 1 saturated carbocycles. The molecular weight excluding hydrogens is 451 g/mol. The topological polar surface area (TPSA) is 47.9 Å².